The van der Waals surface area contributed by atoms with Crippen LogP contribution in [0.3, 0.4) is 0 Å². The van der Waals surface area contributed by atoms with Gasteiger partial charge in [-0.2, -0.15) is 5.26 Å². The van der Waals surface area contributed by atoms with E-state index in [1.54, 1.807) is 0 Å². The predicted octanol–water partition coefficient (Wildman–Crippen LogP) is 2.33. The number of ether oxygens (including phenoxy) is 1. The lowest BCUT2D eigenvalue weighted by Crippen LogP contribution is -2.55. The summed E-state index contributed by atoms with van der Waals surface area (Å²) < 4.78 is 5.36. The Labute approximate surface area is 113 Å². The first kappa shape index (κ1) is 12.7. The molecule has 3 nitrogen and oxygen atoms in total. The zero-order valence-corrected chi connectivity index (χ0v) is 11.1. The Morgan fingerprint density at radius 1 is 1.16 bits per heavy atom. The average molecular weight is 257 g/mol. The van der Waals surface area contributed by atoms with Crippen molar-refractivity contribution in [2.75, 3.05) is 13.2 Å². The van der Waals surface area contributed by atoms with Gasteiger partial charge in [-0.15, -0.1) is 0 Å². The molecule has 1 fully saturated rings. The van der Waals surface area contributed by atoms with Gasteiger partial charge in [0.1, 0.15) is 5.41 Å². The molecule has 0 bridgehead atoms. The molecule has 1 atom stereocenters. The maximum atomic E-state index is 11.1. The molecule has 3 rings (SSSR count). The van der Waals surface area contributed by atoms with Crippen LogP contribution in [0.2, 0.25) is 0 Å². The molecule has 2 aliphatic rings. The first-order chi connectivity index (χ1) is 9.22. The van der Waals surface area contributed by atoms with E-state index in [1.807, 2.05) is 18.2 Å². The minimum Gasteiger partial charge on any atom is -0.388 e. The van der Waals surface area contributed by atoms with E-state index in [0.717, 1.165) is 24.8 Å². The summed E-state index contributed by atoms with van der Waals surface area (Å²) in [5.74, 6) is 0. The van der Waals surface area contributed by atoms with Crippen molar-refractivity contribution in [3.8, 4) is 6.07 Å². The van der Waals surface area contributed by atoms with Crippen molar-refractivity contribution in [2.24, 2.45) is 0 Å². The quantitative estimate of drug-likeness (QED) is 0.840. The average Bonchev–Trinajstić information content (AvgIpc) is 2.47. The molecule has 100 valence electrons. The van der Waals surface area contributed by atoms with Gasteiger partial charge in [-0.25, -0.2) is 0 Å². The molecule has 1 aliphatic heterocycles. The van der Waals surface area contributed by atoms with Crippen LogP contribution in [-0.4, -0.2) is 23.9 Å². The summed E-state index contributed by atoms with van der Waals surface area (Å²) in [4.78, 5) is 0. The second-order valence-corrected chi connectivity index (χ2v) is 5.67. The summed E-state index contributed by atoms with van der Waals surface area (Å²) in [6.07, 6.45) is 3.82. The molecule has 1 aromatic carbocycles. The van der Waals surface area contributed by atoms with E-state index in [-0.39, 0.29) is 0 Å². The number of rotatable bonds is 1. The summed E-state index contributed by atoms with van der Waals surface area (Å²) in [5.41, 5.74) is 0.547. The SMILES string of the molecule is N#CC1(C2(O)CCOCC2)CCCc2ccccc21. The summed E-state index contributed by atoms with van der Waals surface area (Å²) in [7, 11) is 0. The van der Waals surface area contributed by atoms with E-state index in [1.165, 1.54) is 5.56 Å². The van der Waals surface area contributed by atoms with Crippen LogP contribution < -0.4 is 0 Å². The lowest BCUT2D eigenvalue weighted by molar-refractivity contribution is -0.102. The number of fused-ring (bicyclic) bond motifs is 1. The Hall–Kier alpha value is -1.37. The number of hydrogen-bond donors (Lipinski definition) is 1. The number of aliphatic hydroxyl groups is 1. The second kappa shape index (κ2) is 4.63. The Balaban J connectivity index is 2.12. The van der Waals surface area contributed by atoms with Crippen molar-refractivity contribution in [1.82, 2.24) is 0 Å². The van der Waals surface area contributed by atoms with Gasteiger partial charge in [-0.1, -0.05) is 24.3 Å². The van der Waals surface area contributed by atoms with Gasteiger partial charge in [-0.05, 0) is 30.4 Å². The van der Waals surface area contributed by atoms with Crippen LogP contribution >= 0.6 is 0 Å². The summed E-state index contributed by atoms with van der Waals surface area (Å²) in [6, 6.07) is 10.6. The van der Waals surface area contributed by atoms with Crippen LogP contribution in [0.1, 0.15) is 36.8 Å². The van der Waals surface area contributed by atoms with Crippen molar-refractivity contribution in [3.05, 3.63) is 35.4 Å². The van der Waals surface area contributed by atoms with Gasteiger partial charge in [0, 0.05) is 26.1 Å². The fraction of sp³-hybridized carbons (Fsp3) is 0.562. The fourth-order valence-corrected chi connectivity index (χ4v) is 3.67. The molecule has 0 aromatic heterocycles. The van der Waals surface area contributed by atoms with Crippen molar-refractivity contribution in [2.45, 2.75) is 43.1 Å². The van der Waals surface area contributed by atoms with Gasteiger partial charge >= 0.3 is 0 Å². The molecule has 0 spiro atoms. The minimum absolute atomic E-state index is 0.544. The van der Waals surface area contributed by atoms with E-state index >= 15 is 0 Å². The molecule has 3 heteroatoms. The smallest absolute Gasteiger partial charge is 0.111 e. The van der Waals surface area contributed by atoms with Crippen molar-refractivity contribution >= 4 is 0 Å². The molecule has 1 saturated heterocycles. The number of nitrogens with zero attached hydrogens (tertiary/aromatic N) is 1. The Morgan fingerprint density at radius 3 is 2.63 bits per heavy atom. The first-order valence-electron chi connectivity index (χ1n) is 7.02. The normalized spacial score (nSPS) is 29.3. The Morgan fingerprint density at radius 2 is 1.89 bits per heavy atom. The van der Waals surface area contributed by atoms with Crippen LogP contribution in [-0.2, 0) is 16.6 Å². The number of aryl methyl sites for hydroxylation is 1. The standard InChI is InChI=1S/C16H19NO2/c17-12-15(16(18)8-10-19-11-9-16)7-3-5-13-4-1-2-6-14(13)15/h1-2,4,6,18H,3,5,7-11H2. The highest BCUT2D eigenvalue weighted by Gasteiger charge is 2.54. The molecular weight excluding hydrogens is 238 g/mol. The van der Waals surface area contributed by atoms with Gasteiger partial charge < -0.3 is 9.84 Å². The van der Waals surface area contributed by atoms with Crippen molar-refractivity contribution in [1.29, 1.82) is 5.26 Å². The topological polar surface area (TPSA) is 53.2 Å². The van der Waals surface area contributed by atoms with Crippen molar-refractivity contribution < 1.29 is 9.84 Å². The number of nitriles is 1. The maximum absolute atomic E-state index is 11.1. The summed E-state index contributed by atoms with van der Waals surface area (Å²) >= 11 is 0. The highest BCUT2D eigenvalue weighted by atomic mass is 16.5. The minimum atomic E-state index is -0.948. The zero-order chi connectivity index (χ0) is 13.3. The van der Waals surface area contributed by atoms with E-state index in [9.17, 15) is 10.4 Å². The molecule has 0 amide bonds. The maximum Gasteiger partial charge on any atom is 0.111 e. The lowest BCUT2D eigenvalue weighted by atomic mass is 9.59. The summed E-state index contributed by atoms with van der Waals surface area (Å²) in [6.45, 7) is 1.09. The van der Waals surface area contributed by atoms with Crippen LogP contribution in [0.25, 0.3) is 0 Å². The second-order valence-electron chi connectivity index (χ2n) is 5.67. The highest BCUT2D eigenvalue weighted by molar-refractivity contribution is 5.45. The van der Waals surface area contributed by atoms with Crippen LogP contribution in [0.5, 0.6) is 0 Å². The van der Waals surface area contributed by atoms with E-state index < -0.39 is 11.0 Å². The zero-order valence-electron chi connectivity index (χ0n) is 11.1. The third kappa shape index (κ3) is 1.79. The molecule has 1 unspecified atom stereocenters. The molecule has 1 aromatic rings. The number of hydrogen-bond acceptors (Lipinski definition) is 3. The van der Waals surface area contributed by atoms with Crippen LogP contribution in [0.15, 0.2) is 24.3 Å². The molecule has 0 saturated carbocycles. The molecule has 1 N–H and O–H groups in total. The summed E-state index contributed by atoms with van der Waals surface area (Å²) in [5, 5.41) is 20.9. The van der Waals surface area contributed by atoms with Gasteiger partial charge in [-0.3, -0.25) is 0 Å². The van der Waals surface area contributed by atoms with Crippen LogP contribution in [0, 0.1) is 11.3 Å². The molecular formula is C16H19NO2. The third-order valence-electron chi connectivity index (χ3n) is 4.78. The van der Waals surface area contributed by atoms with Crippen molar-refractivity contribution in [3.63, 3.8) is 0 Å². The van der Waals surface area contributed by atoms with E-state index in [2.05, 4.69) is 12.1 Å². The molecule has 1 aliphatic carbocycles. The third-order valence-corrected chi connectivity index (χ3v) is 4.78. The number of benzene rings is 1. The molecule has 0 radical (unpaired) electrons. The van der Waals surface area contributed by atoms with Crippen LogP contribution in [0.4, 0.5) is 0 Å². The van der Waals surface area contributed by atoms with Gasteiger partial charge in [0.2, 0.25) is 0 Å². The molecule has 1 heterocycles. The van der Waals surface area contributed by atoms with E-state index in [0.29, 0.717) is 26.1 Å². The Kier molecular flexibility index (Phi) is 3.08. The predicted molar refractivity (Wildman–Crippen MR) is 71.7 cm³/mol. The first-order valence-corrected chi connectivity index (χ1v) is 7.02. The largest absolute Gasteiger partial charge is 0.388 e. The lowest BCUT2D eigenvalue weighted by Gasteiger charge is -2.47. The molecule has 19 heavy (non-hydrogen) atoms. The van der Waals surface area contributed by atoms with Gasteiger partial charge in [0.05, 0.1) is 11.7 Å². The monoisotopic (exact) mass is 257 g/mol. The van der Waals surface area contributed by atoms with Gasteiger partial charge in [0.15, 0.2) is 0 Å². The fourth-order valence-electron chi connectivity index (χ4n) is 3.67. The van der Waals surface area contributed by atoms with Gasteiger partial charge in [0.25, 0.3) is 0 Å². The Bertz CT molecular complexity index is 514. The van der Waals surface area contributed by atoms with E-state index in [4.69, 9.17) is 4.74 Å². The highest BCUT2D eigenvalue weighted by Crippen LogP contribution is 2.48.